The van der Waals surface area contributed by atoms with Gasteiger partial charge in [-0.3, -0.25) is 0 Å². The maximum absolute atomic E-state index is 6.50. The second-order valence-electron chi connectivity index (χ2n) is 6.21. The topological polar surface area (TPSA) is 21.3 Å². The zero-order chi connectivity index (χ0) is 15.0. The predicted molar refractivity (Wildman–Crippen MR) is 85.4 cm³/mol. The van der Waals surface area contributed by atoms with E-state index in [1.54, 1.807) is 0 Å². The standard InChI is InChI=1S/C17H26ClNO/c1-9-7-14(15(18)8-10(9)2)17(19-6)16-11(3)12(4)20-13(16)5/h7-8,11-13,16-17,19H,1-6H3. The van der Waals surface area contributed by atoms with Gasteiger partial charge < -0.3 is 10.1 Å². The minimum absolute atomic E-state index is 0.233. The highest BCUT2D eigenvalue weighted by Gasteiger charge is 2.42. The van der Waals surface area contributed by atoms with Crippen LogP contribution in [0, 0.1) is 25.7 Å². The number of hydrogen-bond acceptors (Lipinski definition) is 2. The van der Waals surface area contributed by atoms with Crippen molar-refractivity contribution in [3.05, 3.63) is 33.8 Å². The average Bonchev–Trinajstić information content (AvgIpc) is 2.63. The zero-order valence-electron chi connectivity index (χ0n) is 13.3. The third kappa shape index (κ3) is 2.74. The van der Waals surface area contributed by atoms with E-state index in [2.05, 4.69) is 52.1 Å². The molecule has 2 rings (SSSR count). The van der Waals surface area contributed by atoms with E-state index in [-0.39, 0.29) is 12.1 Å². The maximum atomic E-state index is 6.50. The van der Waals surface area contributed by atoms with Crippen molar-refractivity contribution >= 4 is 11.6 Å². The third-order valence-electron chi connectivity index (χ3n) is 4.96. The van der Waals surface area contributed by atoms with Crippen molar-refractivity contribution in [1.82, 2.24) is 5.32 Å². The predicted octanol–water partition coefficient (Wildman–Crippen LogP) is 4.28. The Morgan fingerprint density at radius 1 is 1.10 bits per heavy atom. The van der Waals surface area contributed by atoms with Gasteiger partial charge in [-0.2, -0.15) is 0 Å². The van der Waals surface area contributed by atoms with Gasteiger partial charge in [0.1, 0.15) is 0 Å². The molecular weight excluding hydrogens is 270 g/mol. The molecule has 2 nitrogen and oxygen atoms in total. The minimum atomic E-state index is 0.233. The van der Waals surface area contributed by atoms with E-state index in [0.717, 1.165) is 5.02 Å². The molecule has 112 valence electrons. The van der Waals surface area contributed by atoms with E-state index >= 15 is 0 Å². The molecule has 1 aromatic rings. The summed E-state index contributed by atoms with van der Waals surface area (Å²) in [6.45, 7) is 10.9. The molecule has 5 atom stereocenters. The molecule has 0 spiro atoms. The molecule has 5 unspecified atom stereocenters. The number of ether oxygens (including phenoxy) is 1. The molecule has 1 aromatic carbocycles. The Hall–Kier alpha value is -0.570. The van der Waals surface area contributed by atoms with Gasteiger partial charge >= 0.3 is 0 Å². The number of halogens is 1. The van der Waals surface area contributed by atoms with Crippen LogP contribution in [-0.2, 0) is 4.74 Å². The first-order valence-electron chi connectivity index (χ1n) is 7.46. The van der Waals surface area contributed by atoms with Crippen LogP contribution in [0.5, 0.6) is 0 Å². The van der Waals surface area contributed by atoms with Crippen LogP contribution >= 0.6 is 11.6 Å². The Bertz CT molecular complexity index is 488. The van der Waals surface area contributed by atoms with Crippen LogP contribution in [-0.4, -0.2) is 19.3 Å². The van der Waals surface area contributed by atoms with Gasteiger partial charge in [0.15, 0.2) is 0 Å². The molecule has 1 N–H and O–H groups in total. The van der Waals surface area contributed by atoms with Crippen LogP contribution in [0.4, 0.5) is 0 Å². The lowest BCUT2D eigenvalue weighted by molar-refractivity contribution is 0.0478. The molecule has 1 aliphatic rings. The van der Waals surface area contributed by atoms with Gasteiger partial charge in [-0.15, -0.1) is 0 Å². The SMILES string of the molecule is CNC(c1cc(C)c(C)cc1Cl)C1C(C)OC(C)C1C. The van der Waals surface area contributed by atoms with Crippen LogP contribution in [0.1, 0.15) is 43.5 Å². The highest BCUT2D eigenvalue weighted by Crippen LogP contribution is 2.42. The summed E-state index contributed by atoms with van der Waals surface area (Å²) in [4.78, 5) is 0. The van der Waals surface area contributed by atoms with Gasteiger partial charge in [0.25, 0.3) is 0 Å². The van der Waals surface area contributed by atoms with Gasteiger partial charge in [0.2, 0.25) is 0 Å². The average molecular weight is 296 g/mol. The first-order chi connectivity index (χ1) is 9.36. The lowest BCUT2D eigenvalue weighted by Crippen LogP contribution is -2.33. The number of nitrogens with one attached hydrogen (secondary N) is 1. The fraction of sp³-hybridized carbons (Fsp3) is 0.647. The summed E-state index contributed by atoms with van der Waals surface area (Å²) >= 11 is 6.50. The Balaban J connectivity index is 2.40. The van der Waals surface area contributed by atoms with Gasteiger partial charge in [-0.25, -0.2) is 0 Å². The number of benzene rings is 1. The Morgan fingerprint density at radius 2 is 1.70 bits per heavy atom. The van der Waals surface area contributed by atoms with E-state index in [9.17, 15) is 0 Å². The number of aryl methyl sites for hydroxylation is 2. The van der Waals surface area contributed by atoms with Gasteiger partial charge in [-0.1, -0.05) is 24.6 Å². The second-order valence-corrected chi connectivity index (χ2v) is 6.61. The van der Waals surface area contributed by atoms with Crippen molar-refractivity contribution in [1.29, 1.82) is 0 Å². The van der Waals surface area contributed by atoms with Crippen molar-refractivity contribution in [2.75, 3.05) is 7.05 Å². The van der Waals surface area contributed by atoms with E-state index in [1.807, 2.05) is 7.05 Å². The summed E-state index contributed by atoms with van der Waals surface area (Å²) in [6, 6.07) is 4.53. The van der Waals surface area contributed by atoms with E-state index in [0.29, 0.717) is 17.9 Å². The molecule has 1 saturated heterocycles. The molecular formula is C17H26ClNO. The minimum Gasteiger partial charge on any atom is -0.375 e. The molecule has 0 radical (unpaired) electrons. The Labute approximate surface area is 127 Å². The van der Waals surface area contributed by atoms with E-state index in [4.69, 9.17) is 16.3 Å². The smallest absolute Gasteiger partial charge is 0.0600 e. The van der Waals surface area contributed by atoms with Crippen molar-refractivity contribution in [2.24, 2.45) is 11.8 Å². The molecule has 0 aromatic heterocycles. The maximum Gasteiger partial charge on any atom is 0.0600 e. The first-order valence-corrected chi connectivity index (χ1v) is 7.84. The number of rotatable bonds is 3. The molecule has 0 amide bonds. The summed E-state index contributed by atoms with van der Waals surface area (Å²) in [5.41, 5.74) is 3.72. The normalized spacial score (nSPS) is 31.6. The quantitative estimate of drug-likeness (QED) is 0.899. The molecule has 0 aliphatic carbocycles. The Morgan fingerprint density at radius 3 is 2.20 bits per heavy atom. The lowest BCUT2D eigenvalue weighted by atomic mass is 9.80. The molecule has 0 bridgehead atoms. The largest absolute Gasteiger partial charge is 0.375 e. The fourth-order valence-corrected chi connectivity index (χ4v) is 3.80. The summed E-state index contributed by atoms with van der Waals surface area (Å²) in [6.07, 6.45) is 0.547. The summed E-state index contributed by atoms with van der Waals surface area (Å²) in [5, 5.41) is 4.32. The first kappa shape index (κ1) is 15.8. The van der Waals surface area contributed by atoms with Crippen LogP contribution in [0.15, 0.2) is 12.1 Å². The molecule has 1 aliphatic heterocycles. The summed E-state index contributed by atoms with van der Waals surface area (Å²) < 4.78 is 6.00. The summed E-state index contributed by atoms with van der Waals surface area (Å²) in [7, 11) is 2.01. The zero-order valence-corrected chi connectivity index (χ0v) is 14.1. The molecule has 20 heavy (non-hydrogen) atoms. The highest BCUT2D eigenvalue weighted by molar-refractivity contribution is 6.31. The van der Waals surface area contributed by atoms with Crippen molar-refractivity contribution in [3.8, 4) is 0 Å². The molecule has 1 heterocycles. The van der Waals surface area contributed by atoms with E-state index < -0.39 is 0 Å². The van der Waals surface area contributed by atoms with Crippen molar-refractivity contribution < 1.29 is 4.74 Å². The second kappa shape index (κ2) is 6.05. The van der Waals surface area contributed by atoms with Crippen LogP contribution in [0.2, 0.25) is 5.02 Å². The van der Waals surface area contributed by atoms with Crippen molar-refractivity contribution in [3.63, 3.8) is 0 Å². The van der Waals surface area contributed by atoms with Crippen LogP contribution in [0.3, 0.4) is 0 Å². The summed E-state index contributed by atoms with van der Waals surface area (Å²) in [5.74, 6) is 0.953. The monoisotopic (exact) mass is 295 g/mol. The van der Waals surface area contributed by atoms with Crippen LogP contribution in [0.25, 0.3) is 0 Å². The van der Waals surface area contributed by atoms with Gasteiger partial charge in [0, 0.05) is 17.0 Å². The Kier molecular flexibility index (Phi) is 4.78. The van der Waals surface area contributed by atoms with Crippen LogP contribution < -0.4 is 5.32 Å². The van der Waals surface area contributed by atoms with Gasteiger partial charge in [0.05, 0.1) is 12.2 Å². The highest BCUT2D eigenvalue weighted by atomic mass is 35.5. The third-order valence-corrected chi connectivity index (χ3v) is 5.29. The van der Waals surface area contributed by atoms with E-state index in [1.165, 1.54) is 16.7 Å². The molecule has 0 saturated carbocycles. The lowest BCUT2D eigenvalue weighted by Gasteiger charge is -2.30. The van der Waals surface area contributed by atoms with Crippen molar-refractivity contribution in [2.45, 2.75) is 52.9 Å². The fourth-order valence-electron chi connectivity index (χ4n) is 3.47. The molecule has 3 heteroatoms. The molecule has 1 fully saturated rings. The van der Waals surface area contributed by atoms with Gasteiger partial charge in [-0.05, 0) is 63.4 Å². The number of hydrogen-bond donors (Lipinski definition) is 1.